The normalized spacial score (nSPS) is 13.1. The third-order valence-corrected chi connectivity index (χ3v) is 2.62. The van der Waals surface area contributed by atoms with Gasteiger partial charge in [-0.15, -0.1) is 0 Å². The van der Waals surface area contributed by atoms with Gasteiger partial charge in [-0.25, -0.2) is 9.78 Å². The van der Waals surface area contributed by atoms with Crippen molar-refractivity contribution in [3.63, 3.8) is 0 Å². The summed E-state index contributed by atoms with van der Waals surface area (Å²) in [6.07, 6.45) is 1.12. The number of carboxylic acids is 1. The number of nitrogens with zero attached hydrogens (tertiary/aromatic N) is 1. The number of carbonyl (C=O) groups is 2. The Balaban J connectivity index is 2.35. The van der Waals surface area contributed by atoms with Gasteiger partial charge in [0.15, 0.2) is 0 Å². The van der Waals surface area contributed by atoms with E-state index in [2.05, 4.69) is 15.6 Å². The van der Waals surface area contributed by atoms with Crippen LogP contribution in [0.3, 0.4) is 0 Å². The van der Waals surface area contributed by atoms with Crippen LogP contribution in [0, 0.1) is 0 Å². The van der Waals surface area contributed by atoms with E-state index >= 15 is 0 Å². The van der Waals surface area contributed by atoms with Gasteiger partial charge in [-0.2, -0.15) is 0 Å². The lowest BCUT2D eigenvalue weighted by atomic mass is 10.0. The van der Waals surface area contributed by atoms with Crippen LogP contribution in [0.4, 0.5) is 4.79 Å². The number of ether oxygens (including phenoxy) is 1. The summed E-state index contributed by atoms with van der Waals surface area (Å²) in [5, 5.41) is 23.3. The lowest BCUT2D eigenvalue weighted by Gasteiger charge is -2.21. The molecule has 2 amide bonds. The summed E-state index contributed by atoms with van der Waals surface area (Å²) >= 11 is 0. The van der Waals surface area contributed by atoms with Gasteiger partial charge in [0.25, 0.3) is 0 Å². The molecule has 1 aromatic heterocycles. The molecule has 0 bridgehead atoms. The Bertz CT molecular complexity index is 487. The topological polar surface area (TPSA) is 121 Å². The summed E-state index contributed by atoms with van der Waals surface area (Å²) < 4.78 is 4.92. The molecule has 0 saturated carbocycles. The van der Waals surface area contributed by atoms with Crippen LogP contribution < -0.4 is 15.4 Å². The molecule has 0 aromatic carbocycles. The van der Waals surface area contributed by atoms with Crippen LogP contribution in [-0.4, -0.2) is 46.5 Å². The summed E-state index contributed by atoms with van der Waals surface area (Å²) in [5.41, 5.74) is -0.714. The fourth-order valence-corrected chi connectivity index (χ4v) is 1.54. The number of amides is 2. The Morgan fingerprint density at radius 1 is 1.38 bits per heavy atom. The second kappa shape index (κ2) is 7.44. The van der Waals surface area contributed by atoms with Crippen LogP contribution in [0.5, 0.6) is 5.88 Å². The van der Waals surface area contributed by atoms with Gasteiger partial charge in [-0.05, 0) is 12.5 Å². The predicted octanol–water partition coefficient (Wildman–Crippen LogP) is 0.115. The van der Waals surface area contributed by atoms with Gasteiger partial charge in [0.1, 0.15) is 0 Å². The van der Waals surface area contributed by atoms with Gasteiger partial charge in [0.05, 0.1) is 19.1 Å². The third-order valence-electron chi connectivity index (χ3n) is 2.62. The molecule has 0 saturated heterocycles. The first-order valence-electron chi connectivity index (χ1n) is 6.27. The minimum Gasteiger partial charge on any atom is -0.481 e. The zero-order valence-corrected chi connectivity index (χ0v) is 11.9. The SMILES string of the molecule is COc1ccc(CNC(=O)NCC(C)(O)CC(=O)O)cn1. The summed E-state index contributed by atoms with van der Waals surface area (Å²) in [7, 11) is 1.51. The molecule has 0 fully saturated rings. The van der Waals surface area contributed by atoms with E-state index in [-0.39, 0.29) is 13.1 Å². The fraction of sp³-hybridized carbons (Fsp3) is 0.462. The van der Waals surface area contributed by atoms with Crippen LogP contribution >= 0.6 is 0 Å². The number of pyridine rings is 1. The zero-order chi connectivity index (χ0) is 15.9. The molecular weight excluding hydrogens is 278 g/mol. The highest BCUT2D eigenvalue weighted by molar-refractivity contribution is 5.74. The van der Waals surface area contributed by atoms with E-state index in [0.29, 0.717) is 5.88 Å². The fourth-order valence-electron chi connectivity index (χ4n) is 1.54. The highest BCUT2D eigenvalue weighted by Crippen LogP contribution is 2.08. The van der Waals surface area contributed by atoms with E-state index in [9.17, 15) is 14.7 Å². The first-order valence-corrected chi connectivity index (χ1v) is 6.27. The molecular formula is C13H19N3O5. The minimum absolute atomic E-state index is 0.161. The van der Waals surface area contributed by atoms with Gasteiger partial charge in [0.2, 0.25) is 5.88 Å². The number of rotatable bonds is 7. The second-order valence-electron chi connectivity index (χ2n) is 4.81. The number of hydrogen-bond acceptors (Lipinski definition) is 5. The monoisotopic (exact) mass is 297 g/mol. The Morgan fingerprint density at radius 2 is 2.10 bits per heavy atom. The maximum Gasteiger partial charge on any atom is 0.315 e. The number of aliphatic carboxylic acids is 1. The average molecular weight is 297 g/mol. The first-order chi connectivity index (χ1) is 9.82. The number of nitrogens with one attached hydrogen (secondary N) is 2. The van der Waals surface area contributed by atoms with Crippen molar-refractivity contribution in [3.8, 4) is 5.88 Å². The molecule has 0 radical (unpaired) electrons. The summed E-state index contributed by atoms with van der Waals surface area (Å²) in [6.45, 7) is 1.44. The van der Waals surface area contributed by atoms with Gasteiger partial charge in [0, 0.05) is 25.4 Å². The summed E-state index contributed by atoms with van der Waals surface area (Å²) in [5.74, 6) is -0.653. The van der Waals surface area contributed by atoms with E-state index in [1.165, 1.54) is 14.0 Å². The quantitative estimate of drug-likeness (QED) is 0.567. The van der Waals surface area contributed by atoms with Crippen molar-refractivity contribution in [2.75, 3.05) is 13.7 Å². The van der Waals surface area contributed by atoms with Gasteiger partial charge >= 0.3 is 12.0 Å². The highest BCUT2D eigenvalue weighted by atomic mass is 16.5. The third kappa shape index (κ3) is 6.57. The van der Waals surface area contributed by atoms with Crippen molar-refractivity contribution in [2.24, 2.45) is 0 Å². The van der Waals surface area contributed by atoms with Crippen molar-refractivity contribution in [1.82, 2.24) is 15.6 Å². The van der Waals surface area contributed by atoms with E-state index in [4.69, 9.17) is 9.84 Å². The zero-order valence-electron chi connectivity index (χ0n) is 11.9. The minimum atomic E-state index is -1.50. The molecule has 8 nitrogen and oxygen atoms in total. The predicted molar refractivity (Wildman–Crippen MR) is 73.9 cm³/mol. The smallest absolute Gasteiger partial charge is 0.315 e. The molecule has 21 heavy (non-hydrogen) atoms. The highest BCUT2D eigenvalue weighted by Gasteiger charge is 2.24. The maximum atomic E-state index is 11.5. The lowest BCUT2D eigenvalue weighted by Crippen LogP contribution is -2.45. The van der Waals surface area contributed by atoms with Crippen molar-refractivity contribution < 1.29 is 24.5 Å². The van der Waals surface area contributed by atoms with Gasteiger partial charge in [-0.1, -0.05) is 6.07 Å². The molecule has 0 spiro atoms. The number of methoxy groups -OCH3 is 1. The summed E-state index contributed by atoms with van der Waals surface area (Å²) in [6, 6.07) is 2.93. The number of hydrogen-bond donors (Lipinski definition) is 4. The molecule has 1 heterocycles. The molecule has 0 aliphatic carbocycles. The Labute approximate surface area is 122 Å². The average Bonchev–Trinajstić information content (AvgIpc) is 2.42. The number of carbonyl (C=O) groups excluding carboxylic acids is 1. The van der Waals surface area contributed by atoms with E-state index < -0.39 is 24.0 Å². The maximum absolute atomic E-state index is 11.5. The second-order valence-corrected chi connectivity index (χ2v) is 4.81. The lowest BCUT2D eigenvalue weighted by molar-refractivity contribution is -0.141. The molecule has 1 atom stereocenters. The van der Waals surface area contributed by atoms with Gasteiger partial charge in [-0.3, -0.25) is 4.79 Å². The van der Waals surface area contributed by atoms with Crippen LogP contribution in [0.2, 0.25) is 0 Å². The van der Waals surface area contributed by atoms with E-state index in [1.807, 2.05) is 0 Å². The van der Waals surface area contributed by atoms with Crippen molar-refractivity contribution in [2.45, 2.75) is 25.5 Å². The Hall–Kier alpha value is -2.35. The molecule has 4 N–H and O–H groups in total. The number of urea groups is 1. The van der Waals surface area contributed by atoms with Crippen molar-refractivity contribution in [1.29, 1.82) is 0 Å². The number of carboxylic acid groups (broad SMARTS) is 1. The summed E-state index contributed by atoms with van der Waals surface area (Å²) in [4.78, 5) is 26.1. The van der Waals surface area contributed by atoms with E-state index in [1.54, 1.807) is 18.3 Å². The Kier molecular flexibility index (Phi) is 5.92. The van der Waals surface area contributed by atoms with Crippen LogP contribution in [-0.2, 0) is 11.3 Å². The van der Waals surface area contributed by atoms with Crippen molar-refractivity contribution in [3.05, 3.63) is 23.9 Å². The number of aliphatic hydroxyl groups is 1. The molecule has 1 unspecified atom stereocenters. The molecule has 8 heteroatoms. The van der Waals surface area contributed by atoms with Crippen LogP contribution in [0.1, 0.15) is 18.9 Å². The van der Waals surface area contributed by atoms with Crippen LogP contribution in [0.15, 0.2) is 18.3 Å². The molecule has 0 aliphatic rings. The molecule has 116 valence electrons. The molecule has 0 aliphatic heterocycles. The van der Waals surface area contributed by atoms with E-state index in [0.717, 1.165) is 5.56 Å². The van der Waals surface area contributed by atoms with Crippen LogP contribution in [0.25, 0.3) is 0 Å². The first kappa shape index (κ1) is 16.7. The van der Waals surface area contributed by atoms with Crippen molar-refractivity contribution >= 4 is 12.0 Å². The largest absolute Gasteiger partial charge is 0.481 e. The molecule has 1 rings (SSSR count). The molecule has 1 aromatic rings. The Morgan fingerprint density at radius 3 is 2.62 bits per heavy atom. The standard InChI is InChI=1S/C13H19N3O5/c1-13(20,5-11(17)18)8-16-12(19)15-7-9-3-4-10(21-2)14-6-9/h3-4,6,20H,5,7-8H2,1-2H3,(H,17,18)(H2,15,16,19). The number of aromatic nitrogens is 1. The van der Waals surface area contributed by atoms with Gasteiger partial charge < -0.3 is 25.6 Å².